The van der Waals surface area contributed by atoms with E-state index in [1.807, 2.05) is 6.92 Å². The molecule has 1 atom stereocenters. The monoisotopic (exact) mass is 197 g/mol. The number of hydrogen-bond acceptors (Lipinski definition) is 2. The van der Waals surface area contributed by atoms with Gasteiger partial charge in [0.1, 0.15) is 0 Å². The van der Waals surface area contributed by atoms with Gasteiger partial charge in [0.15, 0.2) is 0 Å². The van der Waals surface area contributed by atoms with Crippen molar-refractivity contribution in [1.29, 1.82) is 0 Å². The van der Waals surface area contributed by atoms with Crippen LogP contribution in [0.15, 0.2) is 12.7 Å². The molecule has 1 fully saturated rings. The van der Waals surface area contributed by atoms with E-state index in [1.54, 1.807) is 4.90 Å². The van der Waals surface area contributed by atoms with Crippen LogP contribution >= 0.6 is 0 Å². The smallest absolute Gasteiger partial charge is 0.245 e. The molecular formula is C11H19NO2. The van der Waals surface area contributed by atoms with Gasteiger partial charge in [0.05, 0.1) is 6.10 Å². The standard InChI is InChI=1S/C11H19NO2/c1-3-11(13)12(4-2)8-7-10-6-5-9-14-10/h3,10H,1,4-9H2,2H3/t10-/m1/s1. The molecule has 3 nitrogen and oxygen atoms in total. The number of carbonyl (C=O) groups is 1. The predicted molar refractivity (Wildman–Crippen MR) is 56.0 cm³/mol. The summed E-state index contributed by atoms with van der Waals surface area (Å²) in [6.45, 7) is 7.88. The first kappa shape index (κ1) is 11.2. The molecule has 1 saturated heterocycles. The summed E-state index contributed by atoms with van der Waals surface area (Å²) in [5.74, 6) is 0.0190. The summed E-state index contributed by atoms with van der Waals surface area (Å²) >= 11 is 0. The number of nitrogens with zero attached hydrogens (tertiary/aromatic N) is 1. The van der Waals surface area contributed by atoms with Crippen molar-refractivity contribution >= 4 is 5.91 Å². The first-order valence-electron chi connectivity index (χ1n) is 5.31. The number of likely N-dealkylation sites (N-methyl/N-ethyl adjacent to an activating group) is 1. The quantitative estimate of drug-likeness (QED) is 0.626. The summed E-state index contributed by atoms with van der Waals surface area (Å²) in [6, 6.07) is 0. The molecule has 1 aliphatic rings. The highest BCUT2D eigenvalue weighted by molar-refractivity contribution is 5.86. The molecule has 0 N–H and O–H groups in total. The van der Waals surface area contributed by atoms with Gasteiger partial charge in [-0.3, -0.25) is 4.79 Å². The van der Waals surface area contributed by atoms with Gasteiger partial charge >= 0.3 is 0 Å². The van der Waals surface area contributed by atoms with Crippen LogP contribution < -0.4 is 0 Å². The average molecular weight is 197 g/mol. The molecule has 14 heavy (non-hydrogen) atoms. The maximum Gasteiger partial charge on any atom is 0.245 e. The summed E-state index contributed by atoms with van der Waals surface area (Å²) in [4.78, 5) is 13.1. The van der Waals surface area contributed by atoms with E-state index in [0.29, 0.717) is 6.10 Å². The molecule has 0 bridgehead atoms. The van der Waals surface area contributed by atoms with Crippen LogP contribution in [0.1, 0.15) is 26.2 Å². The van der Waals surface area contributed by atoms with Crippen LogP contribution in [0, 0.1) is 0 Å². The molecule has 0 aromatic carbocycles. The van der Waals surface area contributed by atoms with Crippen molar-refractivity contribution in [3.8, 4) is 0 Å². The van der Waals surface area contributed by atoms with Gasteiger partial charge in [-0.05, 0) is 32.3 Å². The summed E-state index contributed by atoms with van der Waals surface area (Å²) < 4.78 is 5.50. The molecule has 0 aromatic heterocycles. The van der Waals surface area contributed by atoms with Gasteiger partial charge in [0, 0.05) is 19.7 Å². The van der Waals surface area contributed by atoms with E-state index in [-0.39, 0.29) is 5.91 Å². The molecule has 0 aromatic rings. The van der Waals surface area contributed by atoms with Crippen molar-refractivity contribution in [3.05, 3.63) is 12.7 Å². The fourth-order valence-corrected chi connectivity index (χ4v) is 1.73. The Hall–Kier alpha value is -0.830. The first-order chi connectivity index (χ1) is 6.77. The highest BCUT2D eigenvalue weighted by Crippen LogP contribution is 2.15. The van der Waals surface area contributed by atoms with E-state index in [4.69, 9.17) is 4.74 Å². The molecule has 0 spiro atoms. The molecule has 0 aliphatic carbocycles. The lowest BCUT2D eigenvalue weighted by atomic mass is 10.2. The number of rotatable bonds is 5. The summed E-state index contributed by atoms with van der Waals surface area (Å²) in [5, 5.41) is 0. The minimum absolute atomic E-state index is 0.0190. The predicted octanol–water partition coefficient (Wildman–Crippen LogP) is 1.59. The molecule has 3 heteroatoms. The molecule has 1 heterocycles. The van der Waals surface area contributed by atoms with Crippen molar-refractivity contribution in [2.45, 2.75) is 32.3 Å². The molecule has 0 radical (unpaired) electrons. The third-order valence-corrected chi connectivity index (χ3v) is 2.61. The van der Waals surface area contributed by atoms with E-state index in [1.165, 1.54) is 6.08 Å². The third kappa shape index (κ3) is 3.14. The van der Waals surface area contributed by atoms with E-state index in [9.17, 15) is 4.79 Å². The van der Waals surface area contributed by atoms with Crippen molar-refractivity contribution < 1.29 is 9.53 Å². The molecule has 0 saturated carbocycles. The lowest BCUT2D eigenvalue weighted by Gasteiger charge is -2.20. The molecule has 1 amide bonds. The highest BCUT2D eigenvalue weighted by atomic mass is 16.5. The Morgan fingerprint density at radius 2 is 2.50 bits per heavy atom. The maximum absolute atomic E-state index is 11.3. The van der Waals surface area contributed by atoms with Crippen molar-refractivity contribution in [2.24, 2.45) is 0 Å². The number of ether oxygens (including phenoxy) is 1. The second-order valence-electron chi connectivity index (χ2n) is 3.55. The van der Waals surface area contributed by atoms with Gasteiger partial charge in [0.25, 0.3) is 0 Å². The van der Waals surface area contributed by atoms with Gasteiger partial charge in [-0.25, -0.2) is 0 Å². The molecule has 80 valence electrons. The second-order valence-corrected chi connectivity index (χ2v) is 3.55. The van der Waals surface area contributed by atoms with E-state index in [2.05, 4.69) is 6.58 Å². The van der Waals surface area contributed by atoms with Crippen molar-refractivity contribution in [1.82, 2.24) is 4.90 Å². The van der Waals surface area contributed by atoms with Crippen LogP contribution in [-0.4, -0.2) is 36.6 Å². The van der Waals surface area contributed by atoms with Crippen LogP contribution in [0.2, 0.25) is 0 Å². The first-order valence-corrected chi connectivity index (χ1v) is 5.31. The molecule has 0 unspecified atom stereocenters. The van der Waals surface area contributed by atoms with Crippen LogP contribution in [0.5, 0.6) is 0 Å². The fraction of sp³-hybridized carbons (Fsp3) is 0.727. The maximum atomic E-state index is 11.3. The van der Waals surface area contributed by atoms with Crippen molar-refractivity contribution in [2.75, 3.05) is 19.7 Å². The van der Waals surface area contributed by atoms with E-state index in [0.717, 1.165) is 39.0 Å². The minimum Gasteiger partial charge on any atom is -0.378 e. The van der Waals surface area contributed by atoms with Crippen LogP contribution in [-0.2, 0) is 9.53 Å². The van der Waals surface area contributed by atoms with Crippen LogP contribution in [0.3, 0.4) is 0 Å². The summed E-state index contributed by atoms with van der Waals surface area (Å²) in [5.41, 5.74) is 0. The third-order valence-electron chi connectivity index (χ3n) is 2.61. The Balaban J connectivity index is 2.25. The lowest BCUT2D eigenvalue weighted by Crippen LogP contribution is -2.31. The average Bonchev–Trinajstić information content (AvgIpc) is 2.71. The fourth-order valence-electron chi connectivity index (χ4n) is 1.73. The van der Waals surface area contributed by atoms with Crippen LogP contribution in [0.25, 0.3) is 0 Å². The largest absolute Gasteiger partial charge is 0.378 e. The number of carbonyl (C=O) groups excluding carboxylic acids is 1. The summed E-state index contributed by atoms with van der Waals surface area (Å²) in [7, 11) is 0. The number of amides is 1. The molecular weight excluding hydrogens is 178 g/mol. The number of hydrogen-bond donors (Lipinski definition) is 0. The highest BCUT2D eigenvalue weighted by Gasteiger charge is 2.17. The summed E-state index contributed by atoms with van der Waals surface area (Å²) in [6.07, 6.45) is 4.99. The van der Waals surface area contributed by atoms with Crippen molar-refractivity contribution in [3.63, 3.8) is 0 Å². The van der Waals surface area contributed by atoms with Gasteiger partial charge in [0.2, 0.25) is 5.91 Å². The van der Waals surface area contributed by atoms with Gasteiger partial charge < -0.3 is 9.64 Å². The zero-order valence-electron chi connectivity index (χ0n) is 8.87. The van der Waals surface area contributed by atoms with E-state index < -0.39 is 0 Å². The van der Waals surface area contributed by atoms with Crippen LogP contribution in [0.4, 0.5) is 0 Å². The zero-order chi connectivity index (χ0) is 10.4. The lowest BCUT2D eigenvalue weighted by molar-refractivity contribution is -0.126. The Kier molecular flexibility index (Phi) is 4.66. The Bertz CT molecular complexity index is 197. The Morgan fingerprint density at radius 3 is 3.00 bits per heavy atom. The van der Waals surface area contributed by atoms with Gasteiger partial charge in [-0.1, -0.05) is 6.58 Å². The van der Waals surface area contributed by atoms with Gasteiger partial charge in [-0.2, -0.15) is 0 Å². The molecule has 1 rings (SSSR count). The second kappa shape index (κ2) is 5.81. The topological polar surface area (TPSA) is 29.5 Å². The minimum atomic E-state index is 0.0190. The Morgan fingerprint density at radius 1 is 1.71 bits per heavy atom. The Labute approximate surface area is 85.7 Å². The van der Waals surface area contributed by atoms with Gasteiger partial charge in [-0.15, -0.1) is 0 Å². The molecule has 1 aliphatic heterocycles. The zero-order valence-corrected chi connectivity index (χ0v) is 8.87. The van der Waals surface area contributed by atoms with E-state index >= 15 is 0 Å². The SMILES string of the molecule is C=CC(=O)N(CC)CC[C@H]1CCCO1. The normalized spacial score (nSPS) is 20.8.